The van der Waals surface area contributed by atoms with Crippen molar-refractivity contribution in [2.45, 2.75) is 6.61 Å². The van der Waals surface area contributed by atoms with Crippen LogP contribution in [0.5, 0.6) is 5.75 Å². The Morgan fingerprint density at radius 3 is 2.54 bits per heavy atom. The highest BCUT2D eigenvalue weighted by Crippen LogP contribution is 2.18. The lowest BCUT2D eigenvalue weighted by molar-refractivity contribution is 0.102. The van der Waals surface area contributed by atoms with Crippen LogP contribution < -0.4 is 21.0 Å². The Kier molecular flexibility index (Phi) is 5.00. The smallest absolute Gasteiger partial charge is 0.362 e. The predicted molar refractivity (Wildman–Crippen MR) is 114 cm³/mol. The highest BCUT2D eigenvalue weighted by Gasteiger charge is 2.30. The van der Waals surface area contributed by atoms with Gasteiger partial charge in [-0.1, -0.05) is 43.0 Å². The van der Waals surface area contributed by atoms with Gasteiger partial charge in [0.15, 0.2) is 0 Å². The van der Waals surface area contributed by atoms with E-state index in [2.05, 4.69) is 24.0 Å². The maximum absolute atomic E-state index is 12.5. The van der Waals surface area contributed by atoms with Crippen LogP contribution in [0.25, 0.3) is 6.08 Å². The van der Waals surface area contributed by atoms with Crippen molar-refractivity contribution in [1.82, 2.24) is 0 Å². The number of nitrogens with one attached hydrogen (secondary N) is 1. The fraction of sp³-hybridized carbons (Fsp3) is 0.0870. The maximum Gasteiger partial charge on any atom is 0.362 e. The lowest BCUT2D eigenvalue weighted by Crippen LogP contribution is -2.41. The van der Waals surface area contributed by atoms with Gasteiger partial charge in [-0.15, -0.1) is 0 Å². The summed E-state index contributed by atoms with van der Waals surface area (Å²) in [5.74, 6) is 0.560. The first kappa shape index (κ1) is 18.1. The van der Waals surface area contributed by atoms with Crippen molar-refractivity contribution in [3.8, 4) is 5.75 Å². The largest absolute Gasteiger partial charge is 0.497 e. The average Bonchev–Trinajstić information content (AvgIpc) is 3.17. The van der Waals surface area contributed by atoms with E-state index in [1.807, 2.05) is 36.4 Å². The van der Waals surface area contributed by atoms with Crippen LogP contribution in [0.3, 0.4) is 0 Å². The number of hydrogen-bond acceptors (Lipinski definition) is 3. The van der Waals surface area contributed by atoms with Crippen molar-refractivity contribution >= 4 is 35.5 Å². The number of carbonyl (C=O) groups is 1. The molecule has 0 atom stereocenters. The molecular formula is C23H20BNO3. The maximum atomic E-state index is 12.5. The third kappa shape index (κ3) is 3.57. The van der Waals surface area contributed by atoms with E-state index in [1.165, 1.54) is 0 Å². The van der Waals surface area contributed by atoms with Crippen molar-refractivity contribution in [2.24, 2.45) is 0 Å². The third-order valence-electron chi connectivity index (χ3n) is 4.92. The van der Waals surface area contributed by atoms with Crippen LogP contribution in [0.1, 0.15) is 21.5 Å². The predicted octanol–water partition coefficient (Wildman–Crippen LogP) is 3.23. The van der Waals surface area contributed by atoms with Gasteiger partial charge in [0.2, 0.25) is 0 Å². The van der Waals surface area contributed by atoms with Crippen LogP contribution >= 0.6 is 0 Å². The Balaban J connectivity index is 1.55. The first-order valence-corrected chi connectivity index (χ1v) is 9.10. The summed E-state index contributed by atoms with van der Waals surface area (Å²) >= 11 is 0. The highest BCUT2D eigenvalue weighted by molar-refractivity contribution is 6.81. The van der Waals surface area contributed by atoms with E-state index in [-0.39, 0.29) is 12.8 Å². The molecule has 138 valence electrons. The zero-order valence-electron chi connectivity index (χ0n) is 15.6. The molecule has 1 N–H and O–H groups in total. The van der Waals surface area contributed by atoms with Gasteiger partial charge in [-0.2, -0.15) is 0 Å². The van der Waals surface area contributed by atoms with Gasteiger partial charge in [0.25, 0.3) is 5.91 Å². The van der Waals surface area contributed by atoms with Gasteiger partial charge in [0, 0.05) is 11.3 Å². The molecule has 0 aromatic heterocycles. The van der Waals surface area contributed by atoms with E-state index in [9.17, 15) is 4.79 Å². The molecule has 0 bridgehead atoms. The van der Waals surface area contributed by atoms with Gasteiger partial charge in [0.05, 0.1) is 13.7 Å². The minimum absolute atomic E-state index is 0.133. The molecule has 28 heavy (non-hydrogen) atoms. The topological polar surface area (TPSA) is 47.6 Å². The monoisotopic (exact) mass is 369 g/mol. The molecule has 1 amide bonds. The Morgan fingerprint density at radius 2 is 1.86 bits per heavy atom. The van der Waals surface area contributed by atoms with E-state index < -0.39 is 0 Å². The summed E-state index contributed by atoms with van der Waals surface area (Å²) in [5.41, 5.74) is 5.71. The van der Waals surface area contributed by atoms with Crippen LogP contribution in [0, 0.1) is 0 Å². The second kappa shape index (κ2) is 7.75. The summed E-state index contributed by atoms with van der Waals surface area (Å²) < 4.78 is 11.1. The first-order valence-electron chi connectivity index (χ1n) is 9.10. The fourth-order valence-electron chi connectivity index (χ4n) is 3.34. The Bertz CT molecular complexity index is 1010. The molecule has 3 aromatic carbocycles. The van der Waals surface area contributed by atoms with E-state index >= 15 is 0 Å². The Hall–Kier alpha value is -3.31. The number of anilines is 1. The van der Waals surface area contributed by atoms with Crippen molar-refractivity contribution < 1.29 is 14.2 Å². The van der Waals surface area contributed by atoms with Crippen LogP contribution in [0.15, 0.2) is 73.3 Å². The molecule has 4 nitrogen and oxygen atoms in total. The number of rotatable bonds is 5. The minimum Gasteiger partial charge on any atom is -0.497 e. The van der Waals surface area contributed by atoms with E-state index in [4.69, 9.17) is 9.39 Å². The molecule has 0 saturated heterocycles. The number of ether oxygens (including phenoxy) is 1. The van der Waals surface area contributed by atoms with E-state index in [0.29, 0.717) is 12.2 Å². The summed E-state index contributed by atoms with van der Waals surface area (Å²) in [7, 11) is 1.60. The SMILES string of the molecule is C=Cc1ccc(B2OCc3ccc(NC(=O)c4ccc(OC)cc4)cc32)cc1. The number of methoxy groups -OCH3 is 1. The molecule has 3 aromatic rings. The second-order valence-corrected chi connectivity index (χ2v) is 6.66. The lowest BCUT2D eigenvalue weighted by Gasteiger charge is -2.11. The number of fused-ring (bicyclic) bond motifs is 1. The summed E-state index contributed by atoms with van der Waals surface area (Å²) in [4.78, 5) is 12.5. The van der Waals surface area contributed by atoms with Gasteiger partial charge in [-0.05, 0) is 58.5 Å². The summed E-state index contributed by atoms with van der Waals surface area (Å²) in [5, 5.41) is 2.97. The van der Waals surface area contributed by atoms with Gasteiger partial charge < -0.3 is 14.7 Å². The molecule has 0 unspecified atom stereocenters. The van der Waals surface area contributed by atoms with Crippen molar-refractivity contribution in [3.05, 3.63) is 90.0 Å². The minimum atomic E-state index is -0.159. The molecule has 1 aliphatic heterocycles. The van der Waals surface area contributed by atoms with Crippen LogP contribution in [-0.4, -0.2) is 19.9 Å². The Morgan fingerprint density at radius 1 is 1.11 bits per heavy atom. The molecular weight excluding hydrogens is 349 g/mol. The van der Waals surface area contributed by atoms with Crippen molar-refractivity contribution in [2.75, 3.05) is 12.4 Å². The zero-order chi connectivity index (χ0) is 19.5. The van der Waals surface area contributed by atoms with E-state index in [1.54, 1.807) is 31.4 Å². The zero-order valence-corrected chi connectivity index (χ0v) is 15.6. The molecule has 1 heterocycles. The number of hydrogen-bond donors (Lipinski definition) is 1. The third-order valence-corrected chi connectivity index (χ3v) is 4.92. The number of amides is 1. The van der Waals surface area contributed by atoms with Gasteiger partial charge >= 0.3 is 6.92 Å². The molecule has 0 saturated carbocycles. The molecule has 4 rings (SSSR count). The number of carbonyl (C=O) groups excluding carboxylic acids is 1. The molecule has 0 radical (unpaired) electrons. The van der Waals surface area contributed by atoms with Gasteiger partial charge in [-0.3, -0.25) is 4.79 Å². The highest BCUT2D eigenvalue weighted by atomic mass is 16.5. The summed E-state index contributed by atoms with van der Waals surface area (Å²) in [6.45, 7) is 4.22. The standard InChI is InChI=1S/C23H20BNO3/c1-3-16-4-9-19(10-5-16)24-22-14-20(11-6-18(22)15-28-24)25-23(26)17-7-12-21(27-2)13-8-17/h3-14H,1,15H2,2H3,(H,25,26). The Labute approximate surface area is 164 Å². The van der Waals surface area contributed by atoms with Crippen LogP contribution in [-0.2, 0) is 11.3 Å². The molecule has 0 spiro atoms. The first-order chi connectivity index (χ1) is 13.7. The van der Waals surface area contributed by atoms with Crippen molar-refractivity contribution in [3.63, 3.8) is 0 Å². The van der Waals surface area contributed by atoms with Gasteiger partial charge in [0.1, 0.15) is 5.75 Å². The van der Waals surface area contributed by atoms with Crippen LogP contribution in [0.4, 0.5) is 5.69 Å². The molecule has 5 heteroatoms. The molecule has 0 fully saturated rings. The average molecular weight is 369 g/mol. The normalized spacial score (nSPS) is 12.4. The van der Waals surface area contributed by atoms with Crippen molar-refractivity contribution in [1.29, 1.82) is 0 Å². The van der Waals surface area contributed by atoms with Crippen LogP contribution in [0.2, 0.25) is 0 Å². The molecule has 1 aliphatic rings. The fourth-order valence-corrected chi connectivity index (χ4v) is 3.34. The quantitative estimate of drug-likeness (QED) is 0.703. The second-order valence-electron chi connectivity index (χ2n) is 6.66. The number of benzene rings is 3. The van der Waals surface area contributed by atoms with Gasteiger partial charge in [-0.25, -0.2) is 0 Å². The lowest BCUT2D eigenvalue weighted by atomic mass is 9.56. The molecule has 0 aliphatic carbocycles. The summed E-state index contributed by atoms with van der Waals surface area (Å²) in [6, 6.07) is 21.1. The summed E-state index contributed by atoms with van der Waals surface area (Å²) in [6.07, 6.45) is 1.82. The van der Waals surface area contributed by atoms with E-state index in [0.717, 1.165) is 33.5 Å².